The van der Waals surface area contributed by atoms with E-state index in [1.54, 1.807) is 25.4 Å². The molecule has 0 aliphatic rings. The Kier molecular flexibility index (Phi) is 7.22. The standard InChI is InChI=1S/C19H26N4O2/c1-23(2)13-12-21-18-14-16(9-10-20-18)19(24)22-11-8-15-6-4-5-7-17(15)25-3/h4-7,9-10,14H,8,11-13H2,1-3H3,(H,20,21)(H,22,24). The van der Waals surface area contributed by atoms with E-state index in [9.17, 15) is 4.79 Å². The predicted molar refractivity (Wildman–Crippen MR) is 100 cm³/mol. The number of pyridine rings is 1. The number of nitrogens with one attached hydrogen (secondary N) is 2. The Hall–Kier alpha value is -2.60. The first-order valence-corrected chi connectivity index (χ1v) is 8.35. The van der Waals surface area contributed by atoms with Gasteiger partial charge in [-0.1, -0.05) is 18.2 Å². The van der Waals surface area contributed by atoms with Gasteiger partial charge in [0.2, 0.25) is 0 Å². The number of hydrogen-bond acceptors (Lipinski definition) is 5. The first-order valence-electron chi connectivity index (χ1n) is 8.35. The van der Waals surface area contributed by atoms with Crippen molar-refractivity contribution in [2.24, 2.45) is 0 Å². The van der Waals surface area contributed by atoms with E-state index in [0.717, 1.165) is 30.8 Å². The van der Waals surface area contributed by atoms with Gasteiger partial charge in [-0.05, 0) is 44.3 Å². The number of benzene rings is 1. The van der Waals surface area contributed by atoms with Crippen LogP contribution in [0.1, 0.15) is 15.9 Å². The smallest absolute Gasteiger partial charge is 0.251 e. The zero-order valence-electron chi connectivity index (χ0n) is 15.1. The number of carbonyl (C=O) groups excluding carboxylic acids is 1. The van der Waals surface area contributed by atoms with Gasteiger partial charge in [0.05, 0.1) is 7.11 Å². The molecule has 0 spiro atoms. The van der Waals surface area contributed by atoms with Gasteiger partial charge in [-0.3, -0.25) is 4.79 Å². The predicted octanol–water partition coefficient (Wildman–Crippen LogP) is 2.04. The molecular formula is C19H26N4O2. The Bertz CT molecular complexity index is 689. The molecule has 0 atom stereocenters. The van der Waals surface area contributed by atoms with Gasteiger partial charge in [-0.2, -0.15) is 0 Å². The average molecular weight is 342 g/mol. The minimum Gasteiger partial charge on any atom is -0.496 e. The molecule has 1 amide bonds. The zero-order valence-corrected chi connectivity index (χ0v) is 15.1. The summed E-state index contributed by atoms with van der Waals surface area (Å²) in [6.07, 6.45) is 2.36. The fraction of sp³-hybridized carbons (Fsp3) is 0.368. The van der Waals surface area contributed by atoms with Crippen LogP contribution < -0.4 is 15.4 Å². The Morgan fingerprint density at radius 3 is 2.76 bits per heavy atom. The number of para-hydroxylation sites is 1. The molecule has 2 N–H and O–H groups in total. The lowest BCUT2D eigenvalue weighted by molar-refractivity contribution is 0.0954. The number of nitrogens with zero attached hydrogens (tertiary/aromatic N) is 2. The van der Waals surface area contributed by atoms with Crippen LogP contribution in [-0.2, 0) is 6.42 Å². The van der Waals surface area contributed by atoms with Gasteiger partial charge in [-0.25, -0.2) is 4.98 Å². The highest BCUT2D eigenvalue weighted by atomic mass is 16.5. The molecule has 0 aliphatic carbocycles. The van der Waals surface area contributed by atoms with Crippen molar-refractivity contribution in [3.05, 3.63) is 53.7 Å². The lowest BCUT2D eigenvalue weighted by atomic mass is 10.1. The molecule has 0 bridgehead atoms. The van der Waals surface area contributed by atoms with Crippen LogP contribution in [0.15, 0.2) is 42.6 Å². The van der Waals surface area contributed by atoms with Gasteiger partial charge < -0.3 is 20.3 Å². The number of anilines is 1. The first-order chi connectivity index (χ1) is 12.1. The molecule has 0 saturated heterocycles. The second-order valence-corrected chi connectivity index (χ2v) is 5.98. The zero-order chi connectivity index (χ0) is 18.1. The molecule has 134 valence electrons. The van der Waals surface area contributed by atoms with Crippen molar-refractivity contribution in [1.29, 1.82) is 0 Å². The van der Waals surface area contributed by atoms with Gasteiger partial charge in [0.15, 0.2) is 0 Å². The van der Waals surface area contributed by atoms with E-state index in [2.05, 4.69) is 20.5 Å². The van der Waals surface area contributed by atoms with Crippen molar-refractivity contribution < 1.29 is 9.53 Å². The van der Waals surface area contributed by atoms with E-state index in [0.29, 0.717) is 17.9 Å². The quantitative estimate of drug-likeness (QED) is 0.730. The number of carbonyl (C=O) groups is 1. The van der Waals surface area contributed by atoms with E-state index in [4.69, 9.17) is 4.74 Å². The highest BCUT2D eigenvalue weighted by Gasteiger charge is 2.08. The lowest BCUT2D eigenvalue weighted by Crippen LogP contribution is -2.26. The van der Waals surface area contributed by atoms with Crippen molar-refractivity contribution in [3.8, 4) is 5.75 Å². The summed E-state index contributed by atoms with van der Waals surface area (Å²) in [5.41, 5.74) is 1.67. The molecule has 1 aromatic heterocycles. The summed E-state index contributed by atoms with van der Waals surface area (Å²) in [5.74, 6) is 1.44. The minimum atomic E-state index is -0.104. The van der Waals surface area contributed by atoms with E-state index in [1.165, 1.54) is 0 Å². The van der Waals surface area contributed by atoms with E-state index in [-0.39, 0.29) is 5.91 Å². The topological polar surface area (TPSA) is 66.5 Å². The van der Waals surface area contributed by atoms with Crippen molar-refractivity contribution >= 4 is 11.7 Å². The summed E-state index contributed by atoms with van der Waals surface area (Å²) in [4.78, 5) is 18.6. The number of aromatic nitrogens is 1. The fourth-order valence-corrected chi connectivity index (χ4v) is 2.40. The number of likely N-dealkylation sites (N-methyl/N-ethyl adjacent to an activating group) is 1. The molecule has 2 rings (SSSR count). The van der Waals surface area contributed by atoms with Crippen LogP contribution in [0.3, 0.4) is 0 Å². The fourth-order valence-electron chi connectivity index (χ4n) is 2.40. The lowest BCUT2D eigenvalue weighted by Gasteiger charge is -2.12. The molecule has 0 saturated carbocycles. The molecule has 0 aliphatic heterocycles. The van der Waals surface area contributed by atoms with Crippen LogP contribution in [0.25, 0.3) is 0 Å². The Morgan fingerprint density at radius 2 is 2.00 bits per heavy atom. The molecular weight excluding hydrogens is 316 g/mol. The molecule has 0 unspecified atom stereocenters. The molecule has 0 fully saturated rings. The SMILES string of the molecule is COc1ccccc1CCNC(=O)c1ccnc(NCCN(C)C)c1. The second-order valence-electron chi connectivity index (χ2n) is 5.98. The van der Waals surface area contributed by atoms with Gasteiger partial charge in [0.1, 0.15) is 11.6 Å². The maximum absolute atomic E-state index is 12.3. The van der Waals surface area contributed by atoms with Crippen LogP contribution in [0, 0.1) is 0 Å². The van der Waals surface area contributed by atoms with Gasteiger partial charge >= 0.3 is 0 Å². The van der Waals surface area contributed by atoms with Crippen molar-refractivity contribution in [2.45, 2.75) is 6.42 Å². The first kappa shape index (κ1) is 18.7. The normalized spacial score (nSPS) is 10.6. The van der Waals surface area contributed by atoms with Gasteiger partial charge in [-0.15, -0.1) is 0 Å². The molecule has 2 aromatic rings. The molecule has 6 heteroatoms. The Labute approximate surface area is 149 Å². The van der Waals surface area contributed by atoms with E-state index < -0.39 is 0 Å². The Balaban J connectivity index is 1.86. The summed E-state index contributed by atoms with van der Waals surface area (Å²) < 4.78 is 5.32. The monoisotopic (exact) mass is 342 g/mol. The molecule has 0 radical (unpaired) electrons. The second kappa shape index (κ2) is 9.64. The molecule has 1 heterocycles. The Morgan fingerprint density at radius 1 is 1.20 bits per heavy atom. The van der Waals surface area contributed by atoms with Crippen LogP contribution in [0.5, 0.6) is 5.75 Å². The number of hydrogen-bond donors (Lipinski definition) is 2. The van der Waals surface area contributed by atoms with E-state index >= 15 is 0 Å². The summed E-state index contributed by atoms with van der Waals surface area (Å²) in [6.45, 7) is 2.22. The van der Waals surface area contributed by atoms with Gasteiger partial charge in [0.25, 0.3) is 5.91 Å². The van der Waals surface area contributed by atoms with Crippen molar-refractivity contribution in [2.75, 3.05) is 46.2 Å². The molecule has 1 aromatic carbocycles. The summed E-state index contributed by atoms with van der Waals surface area (Å²) in [5, 5.41) is 6.16. The van der Waals surface area contributed by atoms with Crippen LogP contribution in [0.4, 0.5) is 5.82 Å². The number of rotatable bonds is 9. The van der Waals surface area contributed by atoms with Gasteiger partial charge in [0, 0.05) is 31.4 Å². The van der Waals surface area contributed by atoms with Crippen molar-refractivity contribution in [1.82, 2.24) is 15.2 Å². The van der Waals surface area contributed by atoms with Crippen LogP contribution >= 0.6 is 0 Å². The van der Waals surface area contributed by atoms with Crippen LogP contribution in [-0.4, -0.2) is 56.6 Å². The highest BCUT2D eigenvalue weighted by Crippen LogP contribution is 2.17. The molecule has 25 heavy (non-hydrogen) atoms. The largest absolute Gasteiger partial charge is 0.496 e. The third-order valence-electron chi connectivity index (χ3n) is 3.76. The van der Waals surface area contributed by atoms with E-state index in [1.807, 2.05) is 38.4 Å². The number of amides is 1. The summed E-state index contributed by atoms with van der Waals surface area (Å²) in [7, 11) is 5.68. The molecule has 6 nitrogen and oxygen atoms in total. The maximum Gasteiger partial charge on any atom is 0.251 e. The highest BCUT2D eigenvalue weighted by molar-refractivity contribution is 5.94. The minimum absolute atomic E-state index is 0.104. The van der Waals surface area contributed by atoms with Crippen molar-refractivity contribution in [3.63, 3.8) is 0 Å². The third-order valence-corrected chi connectivity index (χ3v) is 3.76. The number of methoxy groups -OCH3 is 1. The summed E-state index contributed by atoms with van der Waals surface area (Å²) >= 11 is 0. The number of ether oxygens (including phenoxy) is 1. The summed E-state index contributed by atoms with van der Waals surface area (Å²) in [6, 6.07) is 11.3. The van der Waals surface area contributed by atoms with Crippen LogP contribution in [0.2, 0.25) is 0 Å². The third kappa shape index (κ3) is 6.08. The average Bonchev–Trinajstić information content (AvgIpc) is 2.62. The maximum atomic E-state index is 12.3.